The lowest BCUT2D eigenvalue weighted by atomic mass is 10.3. The minimum absolute atomic E-state index is 0.0540. The first-order chi connectivity index (χ1) is 11.5. The zero-order valence-electron chi connectivity index (χ0n) is 11.8. The Kier molecular flexibility index (Phi) is 4.66. The summed E-state index contributed by atoms with van der Waals surface area (Å²) in [6.45, 7) is 0. The maximum absolute atomic E-state index is 10.8. The largest absolute Gasteiger partial charge is 0.507 e. The van der Waals surface area contributed by atoms with Crippen LogP contribution in [0.5, 0.6) is 11.5 Å². The molecule has 0 spiro atoms. The molecule has 24 heavy (non-hydrogen) atoms. The molecule has 0 aliphatic heterocycles. The molecule has 3 aromatic rings. The van der Waals surface area contributed by atoms with Crippen molar-refractivity contribution in [3.8, 4) is 11.5 Å². The second-order valence-electron chi connectivity index (χ2n) is 4.38. The average molecular weight is 370 g/mol. The molecule has 0 aliphatic rings. The van der Waals surface area contributed by atoms with Gasteiger partial charge < -0.3 is 19.0 Å². The van der Waals surface area contributed by atoms with Crippen LogP contribution in [0.1, 0.15) is 11.8 Å². The van der Waals surface area contributed by atoms with E-state index in [0.717, 1.165) is 23.5 Å². The number of aromatic amines is 2. The zero-order valence-corrected chi connectivity index (χ0v) is 13.4. The van der Waals surface area contributed by atoms with Gasteiger partial charge in [0.25, 0.3) is 0 Å². The van der Waals surface area contributed by atoms with Gasteiger partial charge in [-0.3, -0.25) is 0 Å². The summed E-state index contributed by atoms with van der Waals surface area (Å²) in [5.74, 6) is -0.660. The Hall–Kier alpha value is -2.60. The molecule has 126 valence electrons. The van der Waals surface area contributed by atoms with Crippen LogP contribution in [0, 0.1) is 0 Å². The molecule has 10 nitrogen and oxygen atoms in total. The molecule has 4 N–H and O–H groups in total. The highest BCUT2D eigenvalue weighted by molar-refractivity contribution is 7.99. The minimum Gasteiger partial charge on any atom is -0.507 e. The van der Waals surface area contributed by atoms with E-state index >= 15 is 0 Å². The Labute approximate surface area is 141 Å². The Morgan fingerprint density at radius 2 is 1.29 bits per heavy atom. The molecule has 3 rings (SSSR count). The first-order valence-corrected chi connectivity index (χ1v) is 8.38. The molecule has 1 aromatic carbocycles. The predicted octanol–water partition coefficient (Wildman–Crippen LogP) is 1.03. The number of aromatic hydroxyl groups is 2. The lowest BCUT2D eigenvalue weighted by Gasteiger charge is -2.08. The van der Waals surface area contributed by atoms with E-state index in [1.165, 1.54) is 12.1 Å². The van der Waals surface area contributed by atoms with E-state index < -0.39 is 11.5 Å². The monoisotopic (exact) mass is 370 g/mol. The van der Waals surface area contributed by atoms with Crippen LogP contribution in [-0.2, 0) is 11.5 Å². The first kappa shape index (κ1) is 16.3. The van der Waals surface area contributed by atoms with E-state index in [4.69, 9.17) is 8.83 Å². The van der Waals surface area contributed by atoms with Crippen LogP contribution in [0.25, 0.3) is 0 Å². The van der Waals surface area contributed by atoms with Gasteiger partial charge in [-0.1, -0.05) is 0 Å². The van der Waals surface area contributed by atoms with Crippen LogP contribution in [0.4, 0.5) is 0 Å². The molecule has 0 radical (unpaired) electrons. The van der Waals surface area contributed by atoms with Crippen molar-refractivity contribution in [1.29, 1.82) is 0 Å². The van der Waals surface area contributed by atoms with Crippen molar-refractivity contribution < 1.29 is 19.0 Å². The molecule has 0 unspecified atom stereocenters. The average Bonchev–Trinajstić information content (AvgIpc) is 3.14. The topological polar surface area (TPSA) is 158 Å². The molecule has 2 heterocycles. The number of hydrogen-bond donors (Lipinski definition) is 4. The number of rotatable bonds is 6. The summed E-state index contributed by atoms with van der Waals surface area (Å²) < 4.78 is 9.50. The third-order valence-corrected chi connectivity index (χ3v) is 4.77. The van der Waals surface area contributed by atoms with Crippen LogP contribution in [0.3, 0.4) is 0 Å². The van der Waals surface area contributed by atoms with Crippen LogP contribution < -0.4 is 11.5 Å². The van der Waals surface area contributed by atoms with Crippen molar-refractivity contribution in [2.24, 2.45) is 0 Å². The third-order valence-electron chi connectivity index (χ3n) is 2.71. The van der Waals surface area contributed by atoms with Gasteiger partial charge >= 0.3 is 11.5 Å². The van der Waals surface area contributed by atoms with E-state index in [2.05, 4.69) is 20.4 Å². The summed E-state index contributed by atoms with van der Waals surface area (Å²) in [4.78, 5) is 22.5. The van der Waals surface area contributed by atoms with Crippen LogP contribution in [-0.4, -0.2) is 30.6 Å². The van der Waals surface area contributed by atoms with Gasteiger partial charge in [-0.15, -0.1) is 33.7 Å². The Bertz CT molecular complexity index is 881. The second-order valence-corrected chi connectivity index (χ2v) is 6.41. The van der Waals surface area contributed by atoms with Crippen molar-refractivity contribution in [3.05, 3.63) is 45.0 Å². The summed E-state index contributed by atoms with van der Waals surface area (Å²) in [5, 5.41) is 31.6. The first-order valence-electron chi connectivity index (χ1n) is 6.41. The highest BCUT2D eigenvalue weighted by Gasteiger charge is 2.13. The number of nitrogens with one attached hydrogen (secondary N) is 2. The number of phenols is 2. The lowest BCUT2D eigenvalue weighted by molar-refractivity contribution is 0.438. The van der Waals surface area contributed by atoms with E-state index in [1.807, 2.05) is 0 Å². The van der Waals surface area contributed by atoms with E-state index in [-0.39, 0.29) is 34.8 Å². The highest BCUT2D eigenvalue weighted by atomic mass is 32.2. The summed E-state index contributed by atoms with van der Waals surface area (Å²) in [5.41, 5.74) is 0. The number of hydrogen-bond acceptors (Lipinski definition) is 10. The van der Waals surface area contributed by atoms with Gasteiger partial charge in [-0.25, -0.2) is 19.8 Å². The molecule has 0 saturated carbocycles. The third kappa shape index (κ3) is 3.83. The summed E-state index contributed by atoms with van der Waals surface area (Å²) >= 11 is 2.29. The van der Waals surface area contributed by atoms with E-state index in [1.54, 1.807) is 0 Å². The molecule has 0 aliphatic carbocycles. The lowest BCUT2D eigenvalue weighted by Crippen LogP contribution is -1.93. The Balaban J connectivity index is 1.68. The maximum Gasteiger partial charge on any atom is 0.434 e. The van der Waals surface area contributed by atoms with Crippen molar-refractivity contribution in [1.82, 2.24) is 20.4 Å². The van der Waals surface area contributed by atoms with E-state index in [9.17, 15) is 19.8 Å². The fraction of sp³-hybridized carbons (Fsp3) is 0.167. The molecular weight excluding hydrogens is 360 g/mol. The zero-order chi connectivity index (χ0) is 17.1. The quantitative estimate of drug-likeness (QED) is 0.365. The molecule has 12 heteroatoms. The Morgan fingerprint density at radius 3 is 1.62 bits per heavy atom. The van der Waals surface area contributed by atoms with Gasteiger partial charge in [0.05, 0.1) is 21.3 Å². The fourth-order valence-electron chi connectivity index (χ4n) is 1.69. The smallest absolute Gasteiger partial charge is 0.434 e. The van der Waals surface area contributed by atoms with Gasteiger partial charge in [0.15, 0.2) is 0 Å². The van der Waals surface area contributed by atoms with Gasteiger partial charge in [0.1, 0.15) is 11.5 Å². The van der Waals surface area contributed by atoms with Gasteiger partial charge in [-0.2, -0.15) is 0 Å². The second kappa shape index (κ2) is 6.88. The van der Waals surface area contributed by atoms with Crippen molar-refractivity contribution in [2.75, 3.05) is 0 Å². The standard InChI is InChI=1S/C12H10N4O6S2/c17-5-1-7(23-3-9-13-15-11(19)21-9)6(18)2-8(5)24-4-10-14-16-12(20)22-10/h1-2,17-18H,3-4H2,(H,15,19)(H,16,20). The van der Waals surface area contributed by atoms with Gasteiger partial charge in [0, 0.05) is 0 Å². The summed E-state index contributed by atoms with van der Waals surface area (Å²) in [6.07, 6.45) is 0. The summed E-state index contributed by atoms with van der Waals surface area (Å²) in [6, 6.07) is 2.77. The van der Waals surface area contributed by atoms with Crippen LogP contribution in [0.15, 0.2) is 40.3 Å². The van der Waals surface area contributed by atoms with Gasteiger partial charge in [0.2, 0.25) is 11.8 Å². The number of aromatic nitrogens is 4. The van der Waals surface area contributed by atoms with Crippen LogP contribution in [0.2, 0.25) is 0 Å². The normalized spacial score (nSPS) is 11.0. The highest BCUT2D eigenvalue weighted by Crippen LogP contribution is 2.40. The number of nitrogens with zero attached hydrogens (tertiary/aromatic N) is 2. The minimum atomic E-state index is -0.658. The fourth-order valence-corrected chi connectivity index (χ4v) is 3.30. The van der Waals surface area contributed by atoms with Crippen molar-refractivity contribution in [3.63, 3.8) is 0 Å². The number of phenolic OH excluding ortho intramolecular Hbond substituents is 2. The SMILES string of the molecule is O=c1[nH]nc(CSc2cc(O)c(SCc3n[nH]c(=O)o3)cc2O)o1. The molecule has 0 saturated heterocycles. The van der Waals surface area contributed by atoms with Gasteiger partial charge in [-0.05, 0) is 12.1 Å². The predicted molar refractivity (Wildman–Crippen MR) is 83.1 cm³/mol. The maximum atomic E-state index is 10.8. The molecule has 0 fully saturated rings. The molecular formula is C12H10N4O6S2. The molecule has 2 aromatic heterocycles. The van der Waals surface area contributed by atoms with Crippen molar-refractivity contribution >= 4 is 23.5 Å². The van der Waals surface area contributed by atoms with Crippen molar-refractivity contribution in [2.45, 2.75) is 21.3 Å². The molecule has 0 atom stereocenters. The number of H-pyrrole nitrogens is 2. The molecule has 0 bridgehead atoms. The Morgan fingerprint density at radius 1 is 0.875 bits per heavy atom. The molecule has 0 amide bonds. The van der Waals surface area contributed by atoms with Crippen LogP contribution >= 0.6 is 23.5 Å². The number of thioether (sulfide) groups is 2. The summed E-state index contributed by atoms with van der Waals surface area (Å²) in [7, 11) is 0. The van der Waals surface area contributed by atoms with E-state index in [0.29, 0.717) is 9.79 Å². The number of benzene rings is 1.